The van der Waals surface area contributed by atoms with Gasteiger partial charge in [0.15, 0.2) is 0 Å². The van der Waals surface area contributed by atoms with E-state index in [-0.39, 0.29) is 18.5 Å². The lowest BCUT2D eigenvalue weighted by Crippen LogP contribution is -2.20. The molecule has 6 nitrogen and oxygen atoms in total. The van der Waals surface area contributed by atoms with Gasteiger partial charge in [0.05, 0.1) is 17.8 Å². The molecule has 0 aliphatic carbocycles. The Morgan fingerprint density at radius 2 is 1.78 bits per heavy atom. The molecule has 0 fully saturated rings. The van der Waals surface area contributed by atoms with Gasteiger partial charge in [-0.25, -0.2) is 9.78 Å². The van der Waals surface area contributed by atoms with Crippen LogP contribution in [-0.2, 0) is 12.6 Å². The van der Waals surface area contributed by atoms with E-state index in [4.69, 9.17) is 4.74 Å². The lowest BCUT2D eigenvalue weighted by atomic mass is 10.0. The highest BCUT2D eigenvalue weighted by molar-refractivity contribution is 5.99. The molecule has 0 aliphatic heterocycles. The molecule has 0 unspecified atom stereocenters. The van der Waals surface area contributed by atoms with E-state index in [0.29, 0.717) is 40.6 Å². The fraction of sp³-hybridized carbons (Fsp3) is 0.231. The molecule has 0 bridgehead atoms. The van der Waals surface area contributed by atoms with Crippen LogP contribution in [0.4, 0.5) is 39.5 Å². The molecule has 1 aromatic heterocycles. The van der Waals surface area contributed by atoms with E-state index in [9.17, 15) is 22.4 Å². The highest BCUT2D eigenvalue weighted by Gasteiger charge is 2.31. The van der Waals surface area contributed by atoms with Gasteiger partial charge in [-0.1, -0.05) is 12.7 Å². The number of amides is 2. The number of pyridine rings is 1. The molecule has 3 rings (SSSR count). The quantitative estimate of drug-likeness (QED) is 0.198. The van der Waals surface area contributed by atoms with Gasteiger partial charge in [-0.2, -0.15) is 13.2 Å². The van der Waals surface area contributed by atoms with Crippen LogP contribution in [0.5, 0.6) is 11.5 Å². The van der Waals surface area contributed by atoms with E-state index in [1.807, 2.05) is 0 Å². The van der Waals surface area contributed by atoms with Gasteiger partial charge in [0.2, 0.25) is 0 Å². The molecule has 190 valence electrons. The van der Waals surface area contributed by atoms with Crippen molar-refractivity contribution < 1.29 is 27.1 Å². The Labute approximate surface area is 206 Å². The third kappa shape index (κ3) is 7.21. The first-order chi connectivity index (χ1) is 17.2. The molecule has 0 saturated carbocycles. The smallest absolute Gasteiger partial charge is 0.416 e. The SMILES string of the molecule is C=Cc1c(Oc2ccc(NC(=O)Nc3cc(CCCCF)cc(C(F)(F)F)c3)cc2)ccnc1NC. The number of unbranched alkanes of at least 4 members (excludes halogenated alkanes) is 1. The molecule has 10 heteroatoms. The second-order valence-electron chi connectivity index (χ2n) is 7.79. The molecule has 2 aromatic carbocycles. The lowest BCUT2D eigenvalue weighted by Gasteiger charge is -2.14. The lowest BCUT2D eigenvalue weighted by molar-refractivity contribution is -0.137. The van der Waals surface area contributed by atoms with Crippen molar-refractivity contribution in [3.63, 3.8) is 0 Å². The number of hydrogen-bond acceptors (Lipinski definition) is 4. The maximum absolute atomic E-state index is 13.3. The van der Waals surface area contributed by atoms with Crippen LogP contribution < -0.4 is 20.7 Å². The summed E-state index contributed by atoms with van der Waals surface area (Å²) in [6, 6.07) is 10.8. The second kappa shape index (κ2) is 12.1. The number of carbonyl (C=O) groups excluding carboxylic acids is 1. The minimum absolute atomic E-state index is 0.00694. The van der Waals surface area contributed by atoms with Crippen LogP contribution in [0.3, 0.4) is 0 Å². The molecule has 3 aromatic rings. The summed E-state index contributed by atoms with van der Waals surface area (Å²) in [7, 11) is 1.73. The highest BCUT2D eigenvalue weighted by atomic mass is 19.4. The fourth-order valence-electron chi connectivity index (χ4n) is 3.46. The van der Waals surface area contributed by atoms with Crippen molar-refractivity contribution in [3.05, 3.63) is 78.0 Å². The molecule has 0 atom stereocenters. The third-order valence-corrected chi connectivity index (χ3v) is 5.16. The van der Waals surface area contributed by atoms with Crippen molar-refractivity contribution in [1.29, 1.82) is 0 Å². The zero-order valence-corrected chi connectivity index (χ0v) is 19.6. The van der Waals surface area contributed by atoms with Crippen LogP contribution in [0.1, 0.15) is 29.5 Å². The van der Waals surface area contributed by atoms with E-state index < -0.39 is 24.4 Å². The van der Waals surface area contributed by atoms with Gasteiger partial charge in [-0.3, -0.25) is 4.39 Å². The highest BCUT2D eigenvalue weighted by Crippen LogP contribution is 2.33. The van der Waals surface area contributed by atoms with Gasteiger partial charge < -0.3 is 20.7 Å². The minimum atomic E-state index is -4.58. The Hall–Kier alpha value is -4.08. The predicted octanol–water partition coefficient (Wildman–Crippen LogP) is 7.51. The Morgan fingerprint density at radius 1 is 1.06 bits per heavy atom. The van der Waals surface area contributed by atoms with Crippen molar-refractivity contribution in [1.82, 2.24) is 4.98 Å². The molecule has 0 radical (unpaired) electrons. The Bertz CT molecular complexity index is 1200. The van der Waals surface area contributed by atoms with E-state index in [0.717, 1.165) is 12.1 Å². The van der Waals surface area contributed by atoms with Crippen LogP contribution in [0.25, 0.3) is 6.08 Å². The standard InChI is InChI=1S/C26H26F4N4O2/c1-3-22-23(11-13-32-24(22)31-2)36-21-9-7-19(8-10-21)33-25(35)34-20-15-17(6-4-5-12-27)14-18(16-20)26(28,29)30/h3,7-11,13-16H,1,4-6,12H2,2H3,(H,31,32)(H2,33,34,35). The molecule has 1 heterocycles. The largest absolute Gasteiger partial charge is 0.457 e. The first kappa shape index (κ1) is 26.5. The van der Waals surface area contributed by atoms with E-state index in [1.54, 1.807) is 49.7 Å². The topological polar surface area (TPSA) is 75.3 Å². The number of aryl methyl sites for hydroxylation is 1. The van der Waals surface area contributed by atoms with Crippen LogP contribution in [0, 0.1) is 0 Å². The van der Waals surface area contributed by atoms with Crippen molar-refractivity contribution in [2.75, 3.05) is 29.7 Å². The number of hydrogen-bond donors (Lipinski definition) is 3. The fourth-order valence-corrected chi connectivity index (χ4v) is 3.46. The third-order valence-electron chi connectivity index (χ3n) is 5.16. The normalized spacial score (nSPS) is 11.0. The molecule has 36 heavy (non-hydrogen) atoms. The number of anilines is 3. The summed E-state index contributed by atoms with van der Waals surface area (Å²) in [5.74, 6) is 1.64. The first-order valence-electron chi connectivity index (χ1n) is 11.2. The van der Waals surface area contributed by atoms with Crippen LogP contribution in [-0.4, -0.2) is 24.7 Å². The molecular formula is C26H26F4N4O2. The van der Waals surface area contributed by atoms with Crippen LogP contribution in [0.2, 0.25) is 0 Å². The molecule has 0 saturated heterocycles. The Morgan fingerprint density at radius 3 is 2.42 bits per heavy atom. The summed E-state index contributed by atoms with van der Waals surface area (Å²) < 4.78 is 58.1. The van der Waals surface area contributed by atoms with Gasteiger partial charge >= 0.3 is 12.2 Å². The zero-order valence-electron chi connectivity index (χ0n) is 19.6. The Balaban J connectivity index is 1.68. The number of halogens is 4. The number of alkyl halides is 4. The summed E-state index contributed by atoms with van der Waals surface area (Å²) in [5, 5.41) is 7.97. The van der Waals surface area contributed by atoms with Crippen molar-refractivity contribution in [2.24, 2.45) is 0 Å². The molecule has 3 N–H and O–H groups in total. The molecule has 0 aliphatic rings. The molecule has 0 spiro atoms. The average Bonchev–Trinajstić information content (AvgIpc) is 2.84. The van der Waals surface area contributed by atoms with Gasteiger partial charge in [0.1, 0.15) is 17.3 Å². The van der Waals surface area contributed by atoms with Crippen molar-refractivity contribution in [2.45, 2.75) is 25.4 Å². The minimum Gasteiger partial charge on any atom is -0.457 e. The summed E-state index contributed by atoms with van der Waals surface area (Å²) in [6.45, 7) is 3.24. The zero-order chi connectivity index (χ0) is 26.1. The predicted molar refractivity (Wildman–Crippen MR) is 133 cm³/mol. The van der Waals surface area contributed by atoms with Gasteiger partial charge in [-0.15, -0.1) is 0 Å². The van der Waals surface area contributed by atoms with Gasteiger partial charge in [0.25, 0.3) is 0 Å². The van der Waals surface area contributed by atoms with Gasteiger partial charge in [-0.05, 0) is 73.4 Å². The Kier molecular flexibility index (Phi) is 8.88. The number of ether oxygens (including phenoxy) is 1. The van der Waals surface area contributed by atoms with Crippen molar-refractivity contribution >= 4 is 29.3 Å². The number of nitrogens with one attached hydrogen (secondary N) is 3. The maximum Gasteiger partial charge on any atom is 0.416 e. The maximum atomic E-state index is 13.3. The number of aromatic nitrogens is 1. The number of rotatable bonds is 10. The number of urea groups is 1. The number of nitrogens with zero attached hydrogens (tertiary/aromatic N) is 1. The molecular weight excluding hydrogens is 476 g/mol. The van der Waals surface area contributed by atoms with Gasteiger partial charge in [0, 0.05) is 24.6 Å². The van der Waals surface area contributed by atoms with E-state index in [1.165, 1.54) is 6.07 Å². The van der Waals surface area contributed by atoms with Crippen LogP contribution >= 0.6 is 0 Å². The summed E-state index contributed by atoms with van der Waals surface area (Å²) >= 11 is 0. The first-order valence-corrected chi connectivity index (χ1v) is 11.2. The van der Waals surface area contributed by atoms with E-state index in [2.05, 4.69) is 27.5 Å². The second-order valence-corrected chi connectivity index (χ2v) is 7.79. The van der Waals surface area contributed by atoms with E-state index >= 15 is 0 Å². The van der Waals surface area contributed by atoms with Crippen LogP contribution in [0.15, 0.2) is 61.3 Å². The van der Waals surface area contributed by atoms with Crippen molar-refractivity contribution in [3.8, 4) is 11.5 Å². The molecule has 2 amide bonds. The number of carbonyl (C=O) groups is 1. The monoisotopic (exact) mass is 502 g/mol. The summed E-state index contributed by atoms with van der Waals surface area (Å²) in [4.78, 5) is 16.6. The number of benzene rings is 2. The summed E-state index contributed by atoms with van der Waals surface area (Å²) in [5.41, 5.74) is 0.573. The average molecular weight is 503 g/mol. The summed E-state index contributed by atoms with van der Waals surface area (Å²) in [6.07, 6.45) is -0.434.